The molecule has 0 aliphatic carbocycles. The molecule has 0 aromatic rings. The van der Waals surface area contributed by atoms with Crippen molar-refractivity contribution < 1.29 is 741 Å². The number of carbonyl (C=O) groups excluding carboxylic acids is 10. The third-order valence-electron chi connectivity index (χ3n) is 0. The smallest absolute Gasteiger partial charge is 0.652 e. The summed E-state index contributed by atoms with van der Waals surface area (Å²) in [6, 6.07) is 0. The fraction of sp³-hybridized carbons (Fsp3) is 0. The normalized spacial score (nSPS) is 4.00. The number of carbonyl (C=O) groups is 10. The van der Waals surface area contributed by atoms with Crippen molar-refractivity contribution in [2.24, 2.45) is 0 Å². The molecule has 0 unspecified atom stereocenters. The number of rotatable bonds is 0. The van der Waals surface area contributed by atoms with Crippen LogP contribution in [0.5, 0.6) is 0 Å². The van der Waals surface area contributed by atoms with Crippen molar-refractivity contribution in [3.05, 3.63) is 0 Å². The predicted molar refractivity (Wildman–Crippen MR) is 54.0 cm³/mol. The first-order valence-electron chi connectivity index (χ1n) is 6.12. The zero-order valence-corrected chi connectivity index (χ0v) is 77.2. The summed E-state index contributed by atoms with van der Waals surface area (Å²) in [7, 11) is 0. The van der Waals surface area contributed by atoms with E-state index in [1.54, 1.807) is 0 Å². The fourth-order valence-electron chi connectivity index (χ4n) is 0. The van der Waals surface area contributed by atoms with Crippen LogP contribution in [0.1, 0.15) is 0 Å². The quantitative estimate of drug-likeness (QED) is 0.203. The van der Waals surface area contributed by atoms with Gasteiger partial charge in [-0.2, -0.15) is 0 Å². The second kappa shape index (κ2) is 197. The van der Waals surface area contributed by atoms with Crippen molar-refractivity contribution in [3.63, 3.8) is 0 Å². The van der Waals surface area contributed by atoms with Crippen LogP contribution in [0, 0.1) is 0 Å². The van der Waals surface area contributed by atoms with E-state index in [0.29, 0.717) is 0 Å². The van der Waals surface area contributed by atoms with Gasteiger partial charge < -0.3 is 150 Å². The van der Waals surface area contributed by atoms with Crippen LogP contribution >= 0.6 is 0 Å². The molecule has 30 nitrogen and oxygen atoms in total. The van der Waals surface area contributed by atoms with Gasteiger partial charge in [0.2, 0.25) is 0 Å². The molecule has 0 saturated heterocycles. The topological polar surface area (TPSA) is 632 Å². The Bertz CT molecular complexity index is 517. The summed E-state index contributed by atoms with van der Waals surface area (Å²) in [6.45, 7) is 0. The predicted octanol–water partition coefficient (Wildman–Crippen LogP) is -84.4. The van der Waals surface area contributed by atoms with Gasteiger partial charge in [0.15, 0.2) is 0 Å². The van der Waals surface area contributed by atoms with Crippen LogP contribution in [0.4, 0.5) is 47.9 Å². The molecule has 0 fully saturated rings. The SMILES string of the molecule is O=C([O-])[O-].O=C([O-])[O-].O=C([O-])[O-].O=C([O-])[O-].O=C([O-])[O-].O=C([O-])[O-].O=C([O-])[O-].O=C([O-])[O-].O=C([O-])[O-].O=C([O-])[O-].[Na+].[Na+].[Na+].[Na+].[Na+].[Na+].[Na+].[Na+].[Na+].[Na+].[Na+].[Na+].[Na+].[Na+].[Na+].[Na+].[Na+].[Na+].[Na+].[Na+]. The van der Waals surface area contributed by atoms with Gasteiger partial charge in [0, 0.05) is 0 Å². The van der Waals surface area contributed by atoms with E-state index in [0.717, 1.165) is 0 Å². The second-order valence-corrected chi connectivity index (χ2v) is 2.50. The van der Waals surface area contributed by atoms with Gasteiger partial charge >= 0.3 is 591 Å². The monoisotopic (exact) mass is 1060 g/mol. The maximum Gasteiger partial charge on any atom is 1.00 e. The standard InChI is InChI=1S/10CH2O3.20Na/c10*2-1(3)4;;;;;;;;;;;;;;;;;;;;/h10*(H2,2,3,4);;;;;;;;;;;;;;;;;;;;/q;;;;;;;;;;20*+1/p-20. The van der Waals surface area contributed by atoms with Crippen molar-refractivity contribution in [1.29, 1.82) is 0 Å². The van der Waals surface area contributed by atoms with E-state index in [1.807, 2.05) is 0 Å². The van der Waals surface area contributed by atoms with E-state index in [1.165, 1.54) is 0 Å². The molecule has 0 spiro atoms. The van der Waals surface area contributed by atoms with Crippen LogP contribution in [0.25, 0.3) is 0 Å². The molecule has 0 bridgehead atoms. The van der Waals surface area contributed by atoms with E-state index in [9.17, 15) is 0 Å². The summed E-state index contributed by atoms with van der Waals surface area (Å²) in [5.41, 5.74) is 0. The molecule has 0 aliphatic heterocycles. The molecular formula is C10Na20O30. The minimum atomic E-state index is -2.33. The first-order valence-corrected chi connectivity index (χ1v) is 6.12. The van der Waals surface area contributed by atoms with Gasteiger partial charge in [-0.1, -0.05) is 0 Å². The third-order valence-corrected chi connectivity index (χ3v) is 0. The van der Waals surface area contributed by atoms with Gasteiger partial charge in [0.1, 0.15) is 0 Å². The van der Waals surface area contributed by atoms with E-state index < -0.39 is 61.6 Å². The van der Waals surface area contributed by atoms with Gasteiger partial charge in [0.05, 0.1) is 0 Å². The third kappa shape index (κ3) is 2130. The molecule has 0 aromatic carbocycles. The molecular weight excluding hydrogens is 1060 g/mol. The Morgan fingerprint density at radius 1 is 0.117 bits per heavy atom. The van der Waals surface area contributed by atoms with Crippen molar-refractivity contribution >= 4 is 61.6 Å². The Morgan fingerprint density at radius 2 is 0.117 bits per heavy atom. The summed E-state index contributed by atoms with van der Waals surface area (Å²) in [6.07, 6.45) is -23.3. The molecule has 0 aromatic heterocycles. The molecule has 60 heavy (non-hydrogen) atoms. The summed E-state index contributed by atoms with van der Waals surface area (Å²) < 4.78 is 0. The summed E-state index contributed by atoms with van der Waals surface area (Å²) in [4.78, 5) is 83.3. The first kappa shape index (κ1) is 205. The molecule has 0 rings (SSSR count). The molecule has 0 amide bonds. The van der Waals surface area contributed by atoms with E-state index in [2.05, 4.69) is 0 Å². The van der Waals surface area contributed by atoms with Crippen molar-refractivity contribution in [3.8, 4) is 0 Å². The molecule has 0 radical (unpaired) electrons. The molecule has 0 heterocycles. The van der Waals surface area contributed by atoms with E-state index in [-0.39, 0.29) is 591 Å². The average molecular weight is 1060 g/mol. The zero-order chi connectivity index (χ0) is 35.8. The van der Waals surface area contributed by atoms with Gasteiger partial charge in [-0.25, -0.2) is 0 Å². The van der Waals surface area contributed by atoms with Crippen LogP contribution in [0.2, 0.25) is 0 Å². The van der Waals surface area contributed by atoms with Crippen LogP contribution < -0.4 is 693 Å². The number of carboxylic acid groups (broad SMARTS) is 20. The minimum Gasteiger partial charge on any atom is -0.652 e. The molecule has 0 aliphatic rings. The summed E-state index contributed by atoms with van der Waals surface area (Å²) in [5.74, 6) is 0. The van der Waals surface area contributed by atoms with Crippen molar-refractivity contribution in [2.75, 3.05) is 0 Å². The van der Waals surface area contributed by atoms with Crippen LogP contribution in [-0.2, 0) is 0 Å². The number of hydrogen-bond acceptors (Lipinski definition) is 30. The van der Waals surface area contributed by atoms with E-state index >= 15 is 0 Å². The Kier molecular flexibility index (Phi) is 672. The largest absolute Gasteiger partial charge is 1.00 e. The van der Waals surface area contributed by atoms with Crippen molar-refractivity contribution in [1.82, 2.24) is 0 Å². The van der Waals surface area contributed by atoms with Gasteiger partial charge in [-0.3, -0.25) is 0 Å². The Balaban J connectivity index is -0.00000000574. The molecule has 0 atom stereocenters. The molecule has 0 N–H and O–H groups in total. The summed E-state index contributed by atoms with van der Waals surface area (Å²) in [5, 5.41) is 167. The maximum atomic E-state index is 8.33. The Morgan fingerprint density at radius 3 is 0.117 bits per heavy atom. The van der Waals surface area contributed by atoms with Gasteiger partial charge in [-0.05, 0) is 61.6 Å². The van der Waals surface area contributed by atoms with Crippen molar-refractivity contribution in [2.45, 2.75) is 0 Å². The zero-order valence-electron chi connectivity index (χ0n) is 37.2. The Labute approximate surface area is 781 Å². The minimum absolute atomic E-state index is 0. The molecule has 0 saturated carbocycles. The van der Waals surface area contributed by atoms with Crippen LogP contribution in [0.15, 0.2) is 0 Å². The Hall–Kier alpha value is 12.7. The molecule has 50 heteroatoms. The maximum absolute atomic E-state index is 8.33. The summed E-state index contributed by atoms with van der Waals surface area (Å²) >= 11 is 0. The van der Waals surface area contributed by atoms with Crippen LogP contribution in [-0.4, -0.2) is 61.6 Å². The van der Waals surface area contributed by atoms with E-state index in [4.69, 9.17) is 150 Å². The number of hydrogen-bond donors (Lipinski definition) is 0. The first-order chi connectivity index (χ1) is 17.3. The average Bonchev–Trinajstić information content (AvgIpc) is 2.47. The fourth-order valence-corrected chi connectivity index (χ4v) is 0. The van der Waals surface area contributed by atoms with Gasteiger partial charge in [0.25, 0.3) is 0 Å². The van der Waals surface area contributed by atoms with Gasteiger partial charge in [-0.15, -0.1) is 0 Å². The van der Waals surface area contributed by atoms with Crippen LogP contribution in [0.3, 0.4) is 0 Å². The molecule has 240 valence electrons. The second-order valence-electron chi connectivity index (χ2n) is 2.50.